The van der Waals surface area contributed by atoms with E-state index in [1.54, 1.807) is 37.6 Å². The summed E-state index contributed by atoms with van der Waals surface area (Å²) in [5.74, 6) is 0.367. The first-order valence-corrected chi connectivity index (χ1v) is 7.48. The highest BCUT2D eigenvalue weighted by Crippen LogP contribution is 2.21. The number of hydrazone groups is 1. The first kappa shape index (κ1) is 16.7. The summed E-state index contributed by atoms with van der Waals surface area (Å²) in [6, 6.07) is 15.1. The fourth-order valence-electron chi connectivity index (χ4n) is 2.06. The topological polar surface area (TPSA) is 50.7 Å². The molecule has 1 amide bonds. The molecule has 1 N–H and O–H groups in total. The van der Waals surface area contributed by atoms with E-state index in [1.807, 2.05) is 12.1 Å². The second kappa shape index (κ2) is 7.09. The third-order valence-electron chi connectivity index (χ3n) is 3.49. The van der Waals surface area contributed by atoms with E-state index in [9.17, 15) is 4.79 Å². The molecule has 0 aromatic heterocycles. The van der Waals surface area contributed by atoms with Crippen molar-refractivity contribution < 1.29 is 9.53 Å². The third-order valence-corrected chi connectivity index (χ3v) is 3.49. The van der Waals surface area contributed by atoms with Gasteiger partial charge in [0, 0.05) is 5.56 Å². The van der Waals surface area contributed by atoms with Crippen molar-refractivity contribution in [1.82, 2.24) is 5.43 Å². The van der Waals surface area contributed by atoms with Crippen LogP contribution < -0.4 is 10.2 Å². The van der Waals surface area contributed by atoms with Crippen LogP contribution in [0.3, 0.4) is 0 Å². The molecule has 2 rings (SSSR count). The van der Waals surface area contributed by atoms with Crippen molar-refractivity contribution >= 4 is 12.1 Å². The highest BCUT2D eigenvalue weighted by atomic mass is 16.5. The normalized spacial score (nSPS) is 11.5. The molecule has 0 radical (unpaired) electrons. The fourth-order valence-corrected chi connectivity index (χ4v) is 2.06. The number of nitrogens with one attached hydrogen (secondary N) is 1. The van der Waals surface area contributed by atoms with Crippen LogP contribution in [0.1, 0.15) is 42.3 Å². The minimum atomic E-state index is -0.272. The minimum absolute atomic E-state index is 0.121. The molecule has 0 aliphatic rings. The second-order valence-corrected chi connectivity index (χ2v) is 6.30. The number of rotatable bonds is 4. The van der Waals surface area contributed by atoms with E-state index in [-0.39, 0.29) is 11.3 Å². The standard InChI is InChI=1S/C19H22N2O2/c1-19(2,3)16-10-8-14(9-11-16)13-20-21-18(22)15-6-5-7-17(12-15)23-4/h5-13H,1-4H3,(H,21,22). The molecule has 2 aromatic carbocycles. The number of nitrogens with zero attached hydrogens (tertiary/aromatic N) is 1. The van der Waals surface area contributed by atoms with E-state index in [0.717, 1.165) is 5.56 Å². The molecule has 4 heteroatoms. The Morgan fingerprint density at radius 1 is 1.13 bits per heavy atom. The van der Waals surface area contributed by atoms with E-state index in [4.69, 9.17) is 4.74 Å². The number of carbonyl (C=O) groups excluding carboxylic acids is 1. The van der Waals surface area contributed by atoms with Gasteiger partial charge < -0.3 is 4.74 Å². The van der Waals surface area contributed by atoms with Crippen molar-refractivity contribution in [3.05, 3.63) is 65.2 Å². The van der Waals surface area contributed by atoms with Gasteiger partial charge in [0.25, 0.3) is 5.91 Å². The van der Waals surface area contributed by atoms with Gasteiger partial charge in [0.2, 0.25) is 0 Å². The van der Waals surface area contributed by atoms with Crippen LogP contribution in [0.2, 0.25) is 0 Å². The highest BCUT2D eigenvalue weighted by molar-refractivity contribution is 5.95. The summed E-state index contributed by atoms with van der Waals surface area (Å²) in [5, 5.41) is 4.00. The maximum atomic E-state index is 12.0. The first-order valence-electron chi connectivity index (χ1n) is 7.48. The zero-order chi connectivity index (χ0) is 16.9. The van der Waals surface area contributed by atoms with Crippen LogP contribution in [0.4, 0.5) is 0 Å². The van der Waals surface area contributed by atoms with Gasteiger partial charge in [-0.1, -0.05) is 51.1 Å². The monoisotopic (exact) mass is 310 g/mol. The molecule has 0 spiro atoms. The van der Waals surface area contributed by atoms with Gasteiger partial charge >= 0.3 is 0 Å². The molecule has 0 heterocycles. The average Bonchev–Trinajstić information content (AvgIpc) is 2.54. The molecule has 0 saturated heterocycles. The smallest absolute Gasteiger partial charge is 0.271 e. The third kappa shape index (κ3) is 4.68. The Balaban J connectivity index is 1.99. The summed E-state index contributed by atoms with van der Waals surface area (Å²) in [7, 11) is 1.57. The minimum Gasteiger partial charge on any atom is -0.497 e. The largest absolute Gasteiger partial charge is 0.497 e. The number of carbonyl (C=O) groups is 1. The van der Waals surface area contributed by atoms with Crippen LogP contribution >= 0.6 is 0 Å². The van der Waals surface area contributed by atoms with Gasteiger partial charge in [-0.15, -0.1) is 0 Å². The summed E-state index contributed by atoms with van der Waals surface area (Å²) in [4.78, 5) is 12.0. The summed E-state index contributed by atoms with van der Waals surface area (Å²) in [6.07, 6.45) is 1.63. The Hall–Kier alpha value is -2.62. The van der Waals surface area contributed by atoms with Crippen molar-refractivity contribution in [3.8, 4) is 5.75 Å². The second-order valence-electron chi connectivity index (χ2n) is 6.30. The summed E-state index contributed by atoms with van der Waals surface area (Å²) >= 11 is 0. The zero-order valence-electron chi connectivity index (χ0n) is 14.0. The molecule has 0 unspecified atom stereocenters. The van der Waals surface area contributed by atoms with E-state index in [2.05, 4.69) is 43.4 Å². The van der Waals surface area contributed by atoms with Crippen molar-refractivity contribution in [1.29, 1.82) is 0 Å². The van der Waals surface area contributed by atoms with Gasteiger partial charge in [-0.25, -0.2) is 5.43 Å². The molecule has 0 saturated carbocycles. The molecule has 2 aromatic rings. The summed E-state index contributed by atoms with van der Waals surface area (Å²) in [6.45, 7) is 6.51. The molecule has 0 atom stereocenters. The Kier molecular flexibility index (Phi) is 5.16. The molecule has 23 heavy (non-hydrogen) atoms. The van der Waals surface area contributed by atoms with E-state index < -0.39 is 0 Å². The lowest BCUT2D eigenvalue weighted by molar-refractivity contribution is 0.0955. The highest BCUT2D eigenvalue weighted by Gasteiger charge is 2.12. The maximum absolute atomic E-state index is 12.0. The molecular weight excluding hydrogens is 288 g/mol. The van der Waals surface area contributed by atoms with Gasteiger partial charge in [0.05, 0.1) is 13.3 Å². The van der Waals surface area contributed by atoms with Crippen LogP contribution in [0.25, 0.3) is 0 Å². The molecular formula is C19H22N2O2. The molecule has 120 valence electrons. The molecule has 0 bridgehead atoms. The zero-order valence-corrected chi connectivity index (χ0v) is 14.0. The number of amides is 1. The number of methoxy groups -OCH3 is 1. The van der Waals surface area contributed by atoms with E-state index >= 15 is 0 Å². The van der Waals surface area contributed by atoms with Crippen molar-refractivity contribution in [2.75, 3.05) is 7.11 Å². The lowest BCUT2D eigenvalue weighted by Crippen LogP contribution is -2.17. The Morgan fingerprint density at radius 3 is 2.43 bits per heavy atom. The Labute approximate surface area is 137 Å². The number of hydrogen-bond donors (Lipinski definition) is 1. The van der Waals surface area contributed by atoms with Gasteiger partial charge in [-0.3, -0.25) is 4.79 Å². The number of hydrogen-bond acceptors (Lipinski definition) is 3. The Bertz CT molecular complexity index is 698. The maximum Gasteiger partial charge on any atom is 0.271 e. The predicted molar refractivity (Wildman–Crippen MR) is 93.2 cm³/mol. The van der Waals surface area contributed by atoms with Gasteiger partial charge in [-0.2, -0.15) is 5.10 Å². The van der Waals surface area contributed by atoms with Crippen LogP contribution in [-0.2, 0) is 5.41 Å². The predicted octanol–water partition coefficient (Wildman–Crippen LogP) is 3.76. The van der Waals surface area contributed by atoms with Crippen molar-refractivity contribution in [2.45, 2.75) is 26.2 Å². The number of benzene rings is 2. The van der Waals surface area contributed by atoms with Crippen LogP contribution in [0, 0.1) is 0 Å². The lowest BCUT2D eigenvalue weighted by atomic mass is 9.87. The molecule has 0 aliphatic heterocycles. The van der Waals surface area contributed by atoms with Crippen LogP contribution in [0.5, 0.6) is 5.75 Å². The number of ether oxygens (including phenoxy) is 1. The van der Waals surface area contributed by atoms with Gasteiger partial charge in [0.15, 0.2) is 0 Å². The van der Waals surface area contributed by atoms with Gasteiger partial charge in [-0.05, 0) is 34.7 Å². The van der Waals surface area contributed by atoms with Gasteiger partial charge in [0.1, 0.15) is 5.75 Å². The lowest BCUT2D eigenvalue weighted by Gasteiger charge is -2.18. The van der Waals surface area contributed by atoms with Crippen molar-refractivity contribution in [2.24, 2.45) is 5.10 Å². The Morgan fingerprint density at radius 2 is 1.83 bits per heavy atom. The molecule has 4 nitrogen and oxygen atoms in total. The summed E-state index contributed by atoms with van der Waals surface area (Å²) in [5.41, 5.74) is 5.34. The first-order chi connectivity index (χ1) is 10.9. The van der Waals surface area contributed by atoms with Crippen LogP contribution in [-0.4, -0.2) is 19.2 Å². The quantitative estimate of drug-likeness (QED) is 0.690. The van der Waals surface area contributed by atoms with E-state index in [0.29, 0.717) is 11.3 Å². The summed E-state index contributed by atoms with van der Waals surface area (Å²) < 4.78 is 5.10. The van der Waals surface area contributed by atoms with E-state index in [1.165, 1.54) is 5.56 Å². The SMILES string of the molecule is COc1cccc(C(=O)NN=Cc2ccc(C(C)(C)C)cc2)c1. The molecule has 0 aliphatic carbocycles. The fraction of sp³-hybridized carbons (Fsp3) is 0.263. The van der Waals surface area contributed by atoms with Crippen LogP contribution in [0.15, 0.2) is 53.6 Å². The van der Waals surface area contributed by atoms with Crippen molar-refractivity contribution in [3.63, 3.8) is 0 Å². The average molecular weight is 310 g/mol. The molecule has 0 fully saturated rings.